The number of thioether (sulfide) groups is 2. The average molecular weight is 358 g/mol. The standard InChI is InChI=1S/C20H23NOS2/c1-2-15(16-6-4-3-5-7-16)14-21-19(22)17-8-10-18(11-9-17)20-23-12-13-24-20/h3-11,15,20H,2,12-14H2,1H3,(H,21,22)/t15-/m0/s1. The summed E-state index contributed by atoms with van der Waals surface area (Å²) < 4.78 is 0.532. The first-order valence-electron chi connectivity index (χ1n) is 8.44. The van der Waals surface area contributed by atoms with Gasteiger partial charge in [-0.15, -0.1) is 23.5 Å². The molecule has 1 heterocycles. The maximum absolute atomic E-state index is 12.4. The minimum Gasteiger partial charge on any atom is -0.351 e. The van der Waals surface area contributed by atoms with Crippen LogP contribution < -0.4 is 5.32 Å². The van der Waals surface area contributed by atoms with Crippen LogP contribution in [-0.2, 0) is 0 Å². The Labute approximate surface area is 152 Å². The SMILES string of the molecule is CC[C@@H](CNC(=O)c1ccc(C2SCCS2)cc1)c1ccccc1. The van der Waals surface area contributed by atoms with E-state index in [9.17, 15) is 4.79 Å². The van der Waals surface area contributed by atoms with Gasteiger partial charge in [0.15, 0.2) is 0 Å². The molecule has 2 nitrogen and oxygen atoms in total. The number of hydrogen-bond donors (Lipinski definition) is 1. The first kappa shape index (κ1) is 17.4. The van der Waals surface area contributed by atoms with Gasteiger partial charge in [0.1, 0.15) is 0 Å². The zero-order chi connectivity index (χ0) is 16.8. The molecule has 2 aromatic rings. The van der Waals surface area contributed by atoms with Crippen LogP contribution in [-0.4, -0.2) is 24.0 Å². The van der Waals surface area contributed by atoms with Crippen molar-refractivity contribution >= 4 is 29.4 Å². The summed E-state index contributed by atoms with van der Waals surface area (Å²) in [7, 11) is 0. The summed E-state index contributed by atoms with van der Waals surface area (Å²) in [6, 6.07) is 18.5. The third-order valence-corrected chi connectivity index (χ3v) is 7.44. The van der Waals surface area contributed by atoms with E-state index in [4.69, 9.17) is 0 Å². The van der Waals surface area contributed by atoms with Gasteiger partial charge in [-0.25, -0.2) is 0 Å². The van der Waals surface area contributed by atoms with Gasteiger partial charge < -0.3 is 5.32 Å². The smallest absolute Gasteiger partial charge is 0.251 e. The minimum atomic E-state index is 0.0164. The predicted molar refractivity (Wildman–Crippen MR) is 106 cm³/mol. The lowest BCUT2D eigenvalue weighted by molar-refractivity contribution is 0.0951. The lowest BCUT2D eigenvalue weighted by Crippen LogP contribution is -2.28. The second kappa shape index (κ2) is 8.63. The van der Waals surface area contributed by atoms with Crippen molar-refractivity contribution in [1.82, 2.24) is 5.32 Å². The maximum atomic E-state index is 12.4. The van der Waals surface area contributed by atoms with E-state index in [2.05, 4.69) is 48.6 Å². The summed E-state index contributed by atoms with van der Waals surface area (Å²) in [5.41, 5.74) is 3.34. The summed E-state index contributed by atoms with van der Waals surface area (Å²) >= 11 is 3.97. The lowest BCUT2D eigenvalue weighted by Gasteiger charge is -2.16. The highest BCUT2D eigenvalue weighted by molar-refractivity contribution is 8.19. The summed E-state index contributed by atoms with van der Waals surface area (Å²) in [6.45, 7) is 2.84. The predicted octanol–water partition coefficient (Wildman–Crippen LogP) is 5.09. The van der Waals surface area contributed by atoms with Crippen LogP contribution in [0.25, 0.3) is 0 Å². The molecule has 0 aromatic heterocycles. The van der Waals surface area contributed by atoms with Gasteiger partial charge in [0, 0.05) is 29.5 Å². The molecule has 4 heteroatoms. The van der Waals surface area contributed by atoms with Crippen LogP contribution in [0.1, 0.15) is 45.3 Å². The van der Waals surface area contributed by atoms with E-state index in [0.29, 0.717) is 17.0 Å². The molecule has 0 aliphatic carbocycles. The highest BCUT2D eigenvalue weighted by Crippen LogP contribution is 2.45. The largest absolute Gasteiger partial charge is 0.351 e. The first-order chi connectivity index (χ1) is 11.8. The van der Waals surface area contributed by atoms with Crippen LogP contribution in [0.5, 0.6) is 0 Å². The average Bonchev–Trinajstić information content (AvgIpc) is 3.18. The summed E-state index contributed by atoms with van der Waals surface area (Å²) in [6.07, 6.45) is 1.01. The summed E-state index contributed by atoms with van der Waals surface area (Å²) in [4.78, 5) is 12.4. The molecule has 24 heavy (non-hydrogen) atoms. The molecular weight excluding hydrogens is 334 g/mol. The van der Waals surface area contributed by atoms with Gasteiger partial charge in [0.2, 0.25) is 0 Å². The van der Waals surface area contributed by atoms with E-state index in [1.54, 1.807) is 0 Å². The fourth-order valence-electron chi connectivity index (χ4n) is 2.88. The monoisotopic (exact) mass is 357 g/mol. The molecule has 1 saturated heterocycles. The number of carbonyl (C=O) groups is 1. The topological polar surface area (TPSA) is 29.1 Å². The Kier molecular flexibility index (Phi) is 6.27. The molecule has 1 aliphatic heterocycles. The van der Waals surface area contributed by atoms with E-state index >= 15 is 0 Å². The van der Waals surface area contributed by atoms with Crippen molar-refractivity contribution in [2.45, 2.75) is 23.8 Å². The number of carbonyl (C=O) groups excluding carboxylic acids is 1. The molecule has 0 radical (unpaired) electrons. The summed E-state index contributed by atoms with van der Waals surface area (Å²) in [5, 5.41) is 3.09. The molecule has 1 aliphatic rings. The second-order valence-corrected chi connectivity index (χ2v) is 8.65. The molecule has 0 unspecified atom stereocenters. The fraction of sp³-hybridized carbons (Fsp3) is 0.350. The number of nitrogens with one attached hydrogen (secondary N) is 1. The third-order valence-electron chi connectivity index (χ3n) is 4.34. The maximum Gasteiger partial charge on any atom is 0.251 e. The number of amides is 1. The zero-order valence-electron chi connectivity index (χ0n) is 13.9. The van der Waals surface area contributed by atoms with E-state index in [1.165, 1.54) is 22.6 Å². The third kappa shape index (κ3) is 4.37. The molecule has 0 bridgehead atoms. The Balaban J connectivity index is 1.58. The quantitative estimate of drug-likeness (QED) is 0.781. The van der Waals surface area contributed by atoms with Gasteiger partial charge in [-0.2, -0.15) is 0 Å². The van der Waals surface area contributed by atoms with E-state index in [0.717, 1.165) is 12.0 Å². The van der Waals surface area contributed by atoms with Crippen LogP contribution >= 0.6 is 23.5 Å². The molecule has 1 fully saturated rings. The van der Waals surface area contributed by atoms with Gasteiger partial charge in [0.05, 0.1) is 4.58 Å². The van der Waals surface area contributed by atoms with Crippen LogP contribution in [0.15, 0.2) is 54.6 Å². The Bertz CT molecular complexity index is 651. The Morgan fingerprint density at radius 3 is 2.38 bits per heavy atom. The molecule has 3 rings (SSSR count). The minimum absolute atomic E-state index is 0.0164. The molecule has 126 valence electrons. The number of benzene rings is 2. The normalized spacial score (nSPS) is 16.0. The Morgan fingerprint density at radius 1 is 1.08 bits per heavy atom. The van der Waals surface area contributed by atoms with E-state index in [-0.39, 0.29) is 5.91 Å². The van der Waals surface area contributed by atoms with Crippen molar-refractivity contribution in [2.75, 3.05) is 18.1 Å². The van der Waals surface area contributed by atoms with Crippen LogP contribution in [0.4, 0.5) is 0 Å². The van der Waals surface area contributed by atoms with Crippen molar-refractivity contribution in [1.29, 1.82) is 0 Å². The molecule has 1 amide bonds. The molecule has 2 aromatic carbocycles. The zero-order valence-corrected chi connectivity index (χ0v) is 15.5. The van der Waals surface area contributed by atoms with Gasteiger partial charge >= 0.3 is 0 Å². The number of hydrogen-bond acceptors (Lipinski definition) is 3. The van der Waals surface area contributed by atoms with Crippen molar-refractivity contribution in [3.8, 4) is 0 Å². The lowest BCUT2D eigenvalue weighted by atomic mass is 9.96. The number of rotatable bonds is 6. The van der Waals surface area contributed by atoms with Crippen LogP contribution in [0, 0.1) is 0 Å². The molecule has 0 spiro atoms. The van der Waals surface area contributed by atoms with Gasteiger partial charge in [-0.05, 0) is 29.7 Å². The van der Waals surface area contributed by atoms with Crippen LogP contribution in [0.3, 0.4) is 0 Å². The second-order valence-electron chi connectivity index (χ2n) is 5.92. The van der Waals surface area contributed by atoms with Gasteiger partial charge in [0.25, 0.3) is 5.91 Å². The van der Waals surface area contributed by atoms with E-state index in [1.807, 2.05) is 41.7 Å². The van der Waals surface area contributed by atoms with Gasteiger partial charge in [-0.3, -0.25) is 4.79 Å². The van der Waals surface area contributed by atoms with Gasteiger partial charge in [-0.1, -0.05) is 49.4 Å². The fourth-order valence-corrected chi connectivity index (χ4v) is 5.74. The van der Waals surface area contributed by atoms with Crippen molar-refractivity contribution < 1.29 is 4.79 Å². The van der Waals surface area contributed by atoms with E-state index < -0.39 is 0 Å². The summed E-state index contributed by atoms with van der Waals surface area (Å²) in [5.74, 6) is 2.81. The van der Waals surface area contributed by atoms with Crippen molar-refractivity contribution in [3.05, 3.63) is 71.3 Å². The highest BCUT2D eigenvalue weighted by atomic mass is 32.2. The molecule has 1 N–H and O–H groups in total. The molecular formula is C20H23NOS2. The Hall–Kier alpha value is -1.39. The van der Waals surface area contributed by atoms with Crippen LogP contribution in [0.2, 0.25) is 0 Å². The molecule has 1 atom stereocenters. The van der Waals surface area contributed by atoms with Crippen molar-refractivity contribution in [2.24, 2.45) is 0 Å². The highest BCUT2D eigenvalue weighted by Gasteiger charge is 2.18. The Morgan fingerprint density at radius 2 is 1.75 bits per heavy atom. The molecule has 0 saturated carbocycles. The van der Waals surface area contributed by atoms with Crippen molar-refractivity contribution in [3.63, 3.8) is 0 Å². The first-order valence-corrected chi connectivity index (χ1v) is 10.5.